The fourth-order valence-corrected chi connectivity index (χ4v) is 6.25. The van der Waals surface area contributed by atoms with Crippen molar-refractivity contribution in [3.05, 3.63) is 102 Å². The number of aromatic nitrogens is 4. The molecule has 238 valence electrons. The monoisotopic (exact) mass is 631 g/mol. The Morgan fingerprint density at radius 1 is 0.935 bits per heavy atom. The summed E-state index contributed by atoms with van der Waals surface area (Å²) < 4.78 is 43.5. The molecule has 13 heteroatoms. The summed E-state index contributed by atoms with van der Waals surface area (Å²) in [6, 6.07) is 21.8. The highest BCUT2D eigenvalue weighted by atomic mass is 19.3. The van der Waals surface area contributed by atoms with Gasteiger partial charge in [-0.3, -0.25) is 4.57 Å². The number of benzene rings is 3. The summed E-state index contributed by atoms with van der Waals surface area (Å²) in [5.74, 6) is -2.87. The Bertz CT molecular complexity index is 1890. The van der Waals surface area contributed by atoms with Crippen molar-refractivity contribution in [2.75, 3.05) is 12.3 Å². The topological polar surface area (TPSA) is 169 Å². The maximum atomic E-state index is 15.1. The molecule has 1 aliphatic carbocycles. The lowest BCUT2D eigenvalue weighted by Gasteiger charge is -2.32. The molecule has 6 N–H and O–H groups in total. The van der Waals surface area contributed by atoms with Gasteiger partial charge in [-0.1, -0.05) is 66.7 Å². The molecule has 0 saturated carbocycles. The van der Waals surface area contributed by atoms with Crippen molar-refractivity contribution < 1.29 is 38.7 Å². The highest BCUT2D eigenvalue weighted by Gasteiger charge is 2.64. The van der Waals surface area contributed by atoms with Gasteiger partial charge in [0, 0.05) is 5.56 Å². The van der Waals surface area contributed by atoms with Gasteiger partial charge in [0.2, 0.25) is 0 Å². The van der Waals surface area contributed by atoms with Crippen LogP contribution in [0.1, 0.15) is 35.4 Å². The van der Waals surface area contributed by atoms with Gasteiger partial charge in [0.15, 0.2) is 29.1 Å². The fraction of sp³-hybridized carbons (Fsp3) is 0.303. The maximum absolute atomic E-state index is 15.1. The number of anilines is 1. The molecule has 6 atom stereocenters. The van der Waals surface area contributed by atoms with Crippen LogP contribution in [0.25, 0.3) is 22.6 Å². The molecule has 2 aliphatic rings. The van der Waals surface area contributed by atoms with Crippen LogP contribution in [0.2, 0.25) is 0 Å². The van der Waals surface area contributed by atoms with E-state index in [0.717, 1.165) is 5.56 Å². The van der Waals surface area contributed by atoms with Crippen LogP contribution in [0.3, 0.4) is 0 Å². The van der Waals surface area contributed by atoms with Gasteiger partial charge in [-0.25, -0.2) is 15.0 Å². The lowest BCUT2D eigenvalue weighted by Crippen LogP contribution is -2.44. The normalized spacial score (nSPS) is 26.8. The zero-order valence-electron chi connectivity index (χ0n) is 24.3. The highest BCUT2D eigenvalue weighted by Crippen LogP contribution is 2.56. The predicted molar refractivity (Wildman–Crippen MR) is 162 cm³/mol. The van der Waals surface area contributed by atoms with Crippen LogP contribution in [0, 0.1) is 0 Å². The van der Waals surface area contributed by atoms with Gasteiger partial charge in [-0.05, 0) is 41.7 Å². The molecule has 0 bridgehead atoms. The SMILES string of the molecule is Nc1nc(-c2ccccc2)nc2c1ncn2[C@@H]1O[C@H](COc2cccc(CC[C@@]3(O)c4ccccc4[C@H](O)C3(F)F)c2)[C@@H](O)[C@H]1O. The number of fused-ring (bicyclic) bond motifs is 2. The summed E-state index contributed by atoms with van der Waals surface area (Å²) in [5, 5.41) is 43.1. The maximum Gasteiger partial charge on any atom is 0.309 e. The third-order valence-electron chi connectivity index (χ3n) is 8.78. The number of nitrogens with two attached hydrogens (primary N) is 1. The van der Waals surface area contributed by atoms with E-state index in [9.17, 15) is 20.4 Å². The van der Waals surface area contributed by atoms with Crippen molar-refractivity contribution in [3.8, 4) is 17.1 Å². The first-order valence-corrected chi connectivity index (χ1v) is 14.7. The molecular formula is C33H31F2N5O6. The van der Waals surface area contributed by atoms with E-state index in [1.54, 1.807) is 36.4 Å². The smallest absolute Gasteiger partial charge is 0.309 e. The van der Waals surface area contributed by atoms with Crippen LogP contribution >= 0.6 is 0 Å². The van der Waals surface area contributed by atoms with Crippen molar-refractivity contribution in [2.45, 2.75) is 55.0 Å². The molecule has 5 aromatic rings. The van der Waals surface area contributed by atoms with Gasteiger partial charge in [0.1, 0.15) is 42.3 Å². The largest absolute Gasteiger partial charge is 0.491 e. The minimum absolute atomic E-state index is 0.0106. The molecule has 11 nitrogen and oxygen atoms in total. The van der Waals surface area contributed by atoms with Crippen LogP contribution in [0.5, 0.6) is 5.75 Å². The van der Waals surface area contributed by atoms with Gasteiger partial charge in [-0.2, -0.15) is 8.78 Å². The van der Waals surface area contributed by atoms with E-state index in [2.05, 4.69) is 15.0 Å². The minimum atomic E-state index is -3.76. The second-order valence-electron chi connectivity index (χ2n) is 11.6. The summed E-state index contributed by atoms with van der Waals surface area (Å²) in [4.78, 5) is 13.2. The average molecular weight is 632 g/mol. The van der Waals surface area contributed by atoms with Crippen molar-refractivity contribution in [3.63, 3.8) is 0 Å². The number of aliphatic hydroxyl groups excluding tert-OH is 3. The summed E-state index contributed by atoms with van der Waals surface area (Å²) in [6.45, 7) is -0.140. The second kappa shape index (κ2) is 11.4. The third kappa shape index (κ3) is 4.87. The number of aryl methyl sites for hydroxylation is 1. The molecule has 1 saturated heterocycles. The van der Waals surface area contributed by atoms with Crippen LogP contribution in [0.15, 0.2) is 85.2 Å². The van der Waals surface area contributed by atoms with Crippen molar-refractivity contribution >= 4 is 17.0 Å². The van der Waals surface area contributed by atoms with Gasteiger partial charge in [0.25, 0.3) is 0 Å². The molecule has 46 heavy (non-hydrogen) atoms. The average Bonchev–Trinajstić information content (AvgIpc) is 3.66. The Kier molecular flexibility index (Phi) is 7.45. The number of rotatable bonds is 8. The molecule has 0 radical (unpaired) electrons. The minimum Gasteiger partial charge on any atom is -0.491 e. The molecule has 1 aliphatic heterocycles. The number of hydrogen-bond acceptors (Lipinski definition) is 10. The molecule has 0 amide bonds. The van der Waals surface area contributed by atoms with Crippen LogP contribution in [-0.2, 0) is 16.8 Å². The molecule has 3 heterocycles. The molecule has 7 rings (SSSR count). The highest BCUT2D eigenvalue weighted by molar-refractivity contribution is 5.83. The number of aliphatic hydroxyl groups is 4. The summed E-state index contributed by atoms with van der Waals surface area (Å²) >= 11 is 0. The second-order valence-corrected chi connectivity index (χ2v) is 11.6. The molecule has 1 fully saturated rings. The van der Waals surface area contributed by atoms with Crippen molar-refractivity contribution in [1.29, 1.82) is 0 Å². The van der Waals surface area contributed by atoms with E-state index in [1.165, 1.54) is 23.0 Å². The summed E-state index contributed by atoms with van der Waals surface area (Å²) in [6.07, 6.45) is -5.61. The standard InChI is InChI=1S/C33H31F2N5O6/c34-33(35)27(43)21-11-4-5-12-22(21)32(33,44)14-13-18-7-6-10-20(15-18)45-16-23-25(41)26(42)31(46-23)40-17-37-24-28(36)38-29(39-30(24)40)19-8-2-1-3-9-19/h1-12,15,17,23,25-27,31,41-44H,13-14,16H2,(H2,36,38,39)/t23-,25-,26-,27+,31-,32-/m1/s1. The molecule has 0 spiro atoms. The van der Waals surface area contributed by atoms with Gasteiger partial charge < -0.3 is 35.6 Å². The molecular weight excluding hydrogens is 600 g/mol. The van der Waals surface area contributed by atoms with E-state index in [4.69, 9.17) is 15.2 Å². The zero-order valence-corrected chi connectivity index (χ0v) is 24.3. The number of ether oxygens (including phenoxy) is 2. The lowest BCUT2D eigenvalue weighted by atomic mass is 9.86. The van der Waals surface area contributed by atoms with E-state index >= 15 is 8.78 Å². The Hall–Kier alpha value is -4.53. The number of alkyl halides is 2. The van der Waals surface area contributed by atoms with E-state index < -0.39 is 42.2 Å². The zero-order chi connectivity index (χ0) is 32.2. The fourth-order valence-electron chi connectivity index (χ4n) is 6.25. The number of halogens is 2. The number of nitrogens with zero attached hydrogens (tertiary/aromatic N) is 4. The number of imidazole rings is 1. The van der Waals surface area contributed by atoms with Crippen molar-refractivity contribution in [1.82, 2.24) is 19.5 Å². The number of nitrogen functional groups attached to an aromatic ring is 1. The van der Waals surface area contributed by atoms with E-state index in [1.807, 2.05) is 30.3 Å². The summed E-state index contributed by atoms with van der Waals surface area (Å²) in [5.41, 5.74) is 5.63. The van der Waals surface area contributed by atoms with Gasteiger partial charge in [-0.15, -0.1) is 0 Å². The first-order valence-electron chi connectivity index (χ1n) is 14.7. The van der Waals surface area contributed by atoms with Gasteiger partial charge in [0.05, 0.1) is 6.33 Å². The van der Waals surface area contributed by atoms with Gasteiger partial charge >= 0.3 is 5.92 Å². The van der Waals surface area contributed by atoms with E-state index in [-0.39, 0.29) is 36.4 Å². The quantitative estimate of drug-likeness (QED) is 0.171. The van der Waals surface area contributed by atoms with Crippen LogP contribution in [-0.4, -0.2) is 70.8 Å². The Balaban J connectivity index is 1.04. The Morgan fingerprint density at radius 3 is 2.50 bits per heavy atom. The van der Waals surface area contributed by atoms with Crippen molar-refractivity contribution in [2.24, 2.45) is 0 Å². The molecule has 2 aromatic heterocycles. The van der Waals surface area contributed by atoms with E-state index in [0.29, 0.717) is 28.3 Å². The predicted octanol–water partition coefficient (Wildman–Crippen LogP) is 3.28. The molecule has 3 aromatic carbocycles. The molecule has 0 unspecified atom stereocenters. The first-order chi connectivity index (χ1) is 22.1. The van der Waals surface area contributed by atoms with Crippen LogP contribution in [0.4, 0.5) is 14.6 Å². The Labute approximate surface area is 261 Å². The lowest BCUT2D eigenvalue weighted by molar-refractivity contribution is -0.226. The van der Waals surface area contributed by atoms with Crippen LogP contribution < -0.4 is 10.5 Å². The number of hydrogen-bond donors (Lipinski definition) is 5. The Morgan fingerprint density at radius 2 is 1.70 bits per heavy atom. The summed E-state index contributed by atoms with van der Waals surface area (Å²) in [7, 11) is 0. The third-order valence-corrected chi connectivity index (χ3v) is 8.78. The first kappa shape index (κ1) is 30.1.